The van der Waals surface area contributed by atoms with Crippen LogP contribution in [0.25, 0.3) is 0 Å². The second kappa shape index (κ2) is 10.6. The Labute approximate surface area is 200 Å². The molecule has 0 unspecified atom stereocenters. The van der Waals surface area contributed by atoms with Crippen molar-refractivity contribution < 1.29 is 4.79 Å². The first-order chi connectivity index (χ1) is 15.6. The summed E-state index contributed by atoms with van der Waals surface area (Å²) in [7, 11) is 0. The van der Waals surface area contributed by atoms with Gasteiger partial charge in [-0.2, -0.15) is 0 Å². The second-order valence-corrected chi connectivity index (χ2v) is 9.81. The van der Waals surface area contributed by atoms with E-state index in [0.29, 0.717) is 26.7 Å². The van der Waals surface area contributed by atoms with Crippen LogP contribution >= 0.6 is 34.7 Å². The molecule has 1 heterocycles. The number of aromatic nitrogens is 2. The molecule has 1 aromatic heterocycles. The van der Waals surface area contributed by atoms with Gasteiger partial charge in [-0.15, -0.1) is 10.2 Å². The zero-order valence-corrected chi connectivity index (χ0v) is 19.7. The van der Waals surface area contributed by atoms with Gasteiger partial charge in [0.25, 0.3) is 0 Å². The van der Waals surface area contributed by atoms with Crippen LogP contribution < -0.4 is 10.6 Å². The number of nitrogens with zero attached hydrogens (tertiary/aromatic N) is 2. The zero-order chi connectivity index (χ0) is 22.3. The number of aryl methyl sites for hydroxylation is 1. The Kier molecular flexibility index (Phi) is 7.42. The minimum absolute atomic E-state index is 0.143. The van der Waals surface area contributed by atoms with Gasteiger partial charge in [-0.25, -0.2) is 0 Å². The first-order valence-corrected chi connectivity index (χ1v) is 12.1. The van der Waals surface area contributed by atoms with Gasteiger partial charge in [0.05, 0.1) is 0 Å². The number of thioether (sulfide) groups is 1. The van der Waals surface area contributed by atoms with Crippen molar-refractivity contribution in [2.75, 3.05) is 10.6 Å². The molecular formula is C24H21ClN4OS2. The highest BCUT2D eigenvalue weighted by molar-refractivity contribution is 8.02. The van der Waals surface area contributed by atoms with Crippen LogP contribution in [0.15, 0.2) is 83.2 Å². The van der Waals surface area contributed by atoms with E-state index in [9.17, 15) is 4.79 Å². The fourth-order valence-corrected chi connectivity index (χ4v) is 5.10. The Morgan fingerprint density at radius 1 is 1.03 bits per heavy atom. The van der Waals surface area contributed by atoms with Gasteiger partial charge in [0.2, 0.25) is 11.0 Å². The molecule has 0 radical (unpaired) electrons. The van der Waals surface area contributed by atoms with E-state index in [2.05, 4.69) is 33.0 Å². The van der Waals surface area contributed by atoms with Gasteiger partial charge >= 0.3 is 0 Å². The lowest BCUT2D eigenvalue weighted by Crippen LogP contribution is -2.19. The van der Waals surface area contributed by atoms with Gasteiger partial charge in [-0.3, -0.25) is 4.79 Å². The molecule has 162 valence electrons. The van der Waals surface area contributed by atoms with E-state index in [4.69, 9.17) is 11.6 Å². The number of carbonyl (C=O) groups is 1. The van der Waals surface area contributed by atoms with E-state index in [1.807, 2.05) is 67.6 Å². The Morgan fingerprint density at radius 3 is 2.47 bits per heavy atom. The fourth-order valence-electron chi connectivity index (χ4n) is 2.98. The number of carbonyl (C=O) groups excluding carboxylic acids is 1. The maximum atomic E-state index is 13.2. The number of anilines is 2. The Bertz CT molecular complexity index is 1190. The number of rotatable bonds is 8. The molecule has 5 nitrogen and oxygen atoms in total. The molecule has 4 aromatic rings. The topological polar surface area (TPSA) is 66.9 Å². The Hall–Kier alpha value is -2.87. The number of amides is 1. The van der Waals surface area contributed by atoms with Crippen molar-refractivity contribution in [1.82, 2.24) is 10.2 Å². The van der Waals surface area contributed by atoms with Crippen LogP contribution in [0.3, 0.4) is 0 Å². The average molecular weight is 481 g/mol. The first kappa shape index (κ1) is 22.3. The van der Waals surface area contributed by atoms with Crippen LogP contribution in [-0.4, -0.2) is 16.1 Å². The van der Waals surface area contributed by atoms with Crippen LogP contribution in [0.2, 0.25) is 5.02 Å². The molecule has 0 aliphatic rings. The summed E-state index contributed by atoms with van der Waals surface area (Å²) in [4.78, 5) is 13.2. The van der Waals surface area contributed by atoms with Gasteiger partial charge in [0.15, 0.2) is 4.34 Å². The van der Waals surface area contributed by atoms with Crippen molar-refractivity contribution in [3.63, 3.8) is 0 Å². The molecule has 1 atom stereocenters. The van der Waals surface area contributed by atoms with Crippen molar-refractivity contribution in [2.45, 2.75) is 23.1 Å². The monoisotopic (exact) mass is 480 g/mol. The molecule has 3 aromatic carbocycles. The molecule has 0 spiro atoms. The van der Waals surface area contributed by atoms with Crippen molar-refractivity contribution >= 4 is 51.4 Å². The van der Waals surface area contributed by atoms with E-state index < -0.39 is 5.25 Å². The molecule has 1 amide bonds. The second-order valence-electron chi connectivity index (χ2n) is 7.07. The number of nitrogens with one attached hydrogen (secondary N) is 2. The van der Waals surface area contributed by atoms with E-state index >= 15 is 0 Å². The van der Waals surface area contributed by atoms with Gasteiger partial charge in [-0.05, 0) is 35.7 Å². The zero-order valence-electron chi connectivity index (χ0n) is 17.3. The Balaban J connectivity index is 1.48. The van der Waals surface area contributed by atoms with E-state index in [1.54, 1.807) is 6.07 Å². The lowest BCUT2D eigenvalue weighted by molar-refractivity contribution is -0.115. The predicted molar refractivity (Wildman–Crippen MR) is 134 cm³/mol. The van der Waals surface area contributed by atoms with E-state index in [0.717, 1.165) is 16.7 Å². The highest BCUT2D eigenvalue weighted by atomic mass is 35.5. The van der Waals surface area contributed by atoms with Gasteiger partial charge in [-0.1, -0.05) is 101 Å². The largest absolute Gasteiger partial charge is 0.356 e. The molecule has 4 rings (SSSR count). The third kappa shape index (κ3) is 5.88. The number of hydrogen-bond acceptors (Lipinski definition) is 6. The normalized spacial score (nSPS) is 11.7. The summed E-state index contributed by atoms with van der Waals surface area (Å²) < 4.78 is 0.714. The number of benzene rings is 3. The van der Waals surface area contributed by atoms with Crippen LogP contribution in [0.4, 0.5) is 10.8 Å². The average Bonchev–Trinajstić information content (AvgIpc) is 3.27. The van der Waals surface area contributed by atoms with Crippen LogP contribution in [0.5, 0.6) is 0 Å². The smallest absolute Gasteiger partial charge is 0.242 e. The minimum Gasteiger partial charge on any atom is -0.356 e. The van der Waals surface area contributed by atoms with Crippen molar-refractivity contribution in [1.29, 1.82) is 0 Å². The maximum absolute atomic E-state index is 13.2. The maximum Gasteiger partial charge on any atom is 0.242 e. The summed E-state index contributed by atoms with van der Waals surface area (Å²) in [5, 5.41) is 15.6. The molecule has 2 N–H and O–H groups in total. The first-order valence-electron chi connectivity index (χ1n) is 9.98. The molecule has 0 fully saturated rings. The Morgan fingerprint density at radius 2 is 1.75 bits per heavy atom. The standard InChI is InChI=1S/C24H21ClN4OS2/c1-16-12-13-19(14-20(16)25)27-22(30)21(18-10-6-3-7-11-18)31-24-29-28-23(32-24)26-15-17-8-4-2-5-9-17/h2-14,21H,15H2,1H3,(H,26,28)(H,27,30)/t21-/m1/s1. The lowest BCUT2D eigenvalue weighted by atomic mass is 10.1. The van der Waals surface area contributed by atoms with Gasteiger partial charge in [0.1, 0.15) is 5.25 Å². The van der Waals surface area contributed by atoms with E-state index in [-0.39, 0.29) is 5.91 Å². The molecule has 8 heteroatoms. The van der Waals surface area contributed by atoms with Gasteiger partial charge in [0, 0.05) is 17.3 Å². The summed E-state index contributed by atoms with van der Waals surface area (Å²) in [5.74, 6) is -0.143. The summed E-state index contributed by atoms with van der Waals surface area (Å²) in [6, 6.07) is 25.3. The highest BCUT2D eigenvalue weighted by Gasteiger charge is 2.24. The van der Waals surface area contributed by atoms with Crippen LogP contribution in [0, 0.1) is 6.92 Å². The highest BCUT2D eigenvalue weighted by Crippen LogP contribution is 2.38. The van der Waals surface area contributed by atoms with Crippen LogP contribution in [-0.2, 0) is 11.3 Å². The molecule has 0 saturated heterocycles. The summed E-state index contributed by atoms with van der Waals surface area (Å²) in [6.07, 6.45) is 0. The summed E-state index contributed by atoms with van der Waals surface area (Å²) in [6.45, 7) is 2.59. The number of halogens is 1. The summed E-state index contributed by atoms with van der Waals surface area (Å²) >= 11 is 9.03. The fraction of sp³-hybridized carbons (Fsp3) is 0.125. The van der Waals surface area contributed by atoms with Crippen molar-refractivity contribution in [3.05, 3.63) is 101 Å². The minimum atomic E-state index is -0.480. The molecule has 0 aliphatic carbocycles. The third-order valence-electron chi connectivity index (χ3n) is 4.69. The van der Waals surface area contributed by atoms with Crippen molar-refractivity contribution in [2.24, 2.45) is 0 Å². The quantitative estimate of drug-likeness (QED) is 0.279. The van der Waals surface area contributed by atoms with Crippen LogP contribution in [0.1, 0.15) is 21.9 Å². The predicted octanol–water partition coefficient (Wildman–Crippen LogP) is 6.58. The lowest BCUT2D eigenvalue weighted by Gasteiger charge is -2.16. The third-order valence-corrected chi connectivity index (χ3v) is 7.32. The molecule has 0 saturated carbocycles. The molecule has 32 heavy (non-hydrogen) atoms. The van der Waals surface area contributed by atoms with Crippen molar-refractivity contribution in [3.8, 4) is 0 Å². The molecule has 0 aliphatic heterocycles. The SMILES string of the molecule is Cc1ccc(NC(=O)[C@H](Sc2nnc(NCc3ccccc3)s2)c2ccccc2)cc1Cl. The van der Waals surface area contributed by atoms with E-state index in [1.165, 1.54) is 23.1 Å². The molecular weight excluding hydrogens is 460 g/mol. The van der Waals surface area contributed by atoms with Gasteiger partial charge < -0.3 is 10.6 Å². The summed E-state index contributed by atoms with van der Waals surface area (Å²) in [5.41, 5.74) is 3.68. The molecule has 0 bridgehead atoms. The number of hydrogen-bond donors (Lipinski definition) is 2.